The summed E-state index contributed by atoms with van der Waals surface area (Å²) in [5.41, 5.74) is 5.49. The Hall–Kier alpha value is -4.25. The fourth-order valence-electron chi connectivity index (χ4n) is 5.00. The van der Waals surface area contributed by atoms with Gasteiger partial charge in [-0.25, -0.2) is 9.07 Å². The Morgan fingerprint density at radius 2 is 1.55 bits per heavy atom. The van der Waals surface area contributed by atoms with Gasteiger partial charge < -0.3 is 5.32 Å². The molecule has 5 heteroatoms. The summed E-state index contributed by atoms with van der Waals surface area (Å²) in [6, 6.07) is 28.8. The Morgan fingerprint density at radius 1 is 0.895 bits per heavy atom. The summed E-state index contributed by atoms with van der Waals surface area (Å²) in [4.78, 5) is 13.3. The molecule has 0 saturated carbocycles. The molecule has 192 valence electrons. The van der Waals surface area contributed by atoms with Gasteiger partial charge in [-0.15, -0.1) is 0 Å². The number of nitrogens with zero attached hydrogens (tertiary/aromatic N) is 2. The van der Waals surface area contributed by atoms with Crippen molar-refractivity contribution >= 4 is 22.4 Å². The first kappa shape index (κ1) is 25.4. The molecule has 0 aliphatic rings. The first-order valence-corrected chi connectivity index (χ1v) is 13.2. The van der Waals surface area contributed by atoms with Gasteiger partial charge in [0.15, 0.2) is 0 Å². The van der Waals surface area contributed by atoms with Gasteiger partial charge >= 0.3 is 0 Å². The largest absolute Gasteiger partial charge is 0.321 e. The van der Waals surface area contributed by atoms with Gasteiger partial charge in [0, 0.05) is 5.69 Å². The quantitative estimate of drug-likeness (QED) is 0.230. The molecule has 0 fully saturated rings. The highest BCUT2D eigenvalue weighted by Crippen LogP contribution is 2.29. The minimum Gasteiger partial charge on any atom is -0.321 e. The van der Waals surface area contributed by atoms with Crippen molar-refractivity contribution < 1.29 is 9.18 Å². The molecule has 5 aromatic rings. The van der Waals surface area contributed by atoms with Crippen LogP contribution in [0.25, 0.3) is 27.6 Å². The molecule has 0 bridgehead atoms. The number of anilines is 1. The summed E-state index contributed by atoms with van der Waals surface area (Å²) in [7, 11) is 0. The van der Waals surface area contributed by atoms with Crippen LogP contribution in [-0.4, -0.2) is 15.7 Å². The average Bonchev–Trinajstić information content (AvgIpc) is 3.33. The SMILES string of the molecule is CCC(CC)Cc1ccccc1-c1ccc(NC(=O)c2cc(C)nn2-c2cc3ccccc3cc2F)cc1. The predicted octanol–water partition coefficient (Wildman–Crippen LogP) is 8.37. The lowest BCUT2D eigenvalue weighted by Crippen LogP contribution is -2.17. The van der Waals surface area contributed by atoms with Gasteiger partial charge in [-0.1, -0.05) is 87.4 Å². The van der Waals surface area contributed by atoms with Crippen LogP contribution in [-0.2, 0) is 6.42 Å². The Morgan fingerprint density at radius 3 is 2.26 bits per heavy atom. The van der Waals surface area contributed by atoms with E-state index in [0.717, 1.165) is 35.6 Å². The Balaban J connectivity index is 1.40. The van der Waals surface area contributed by atoms with E-state index in [4.69, 9.17) is 0 Å². The van der Waals surface area contributed by atoms with Crippen molar-refractivity contribution in [2.75, 3.05) is 5.32 Å². The van der Waals surface area contributed by atoms with Gasteiger partial charge in [-0.05, 0) is 77.1 Å². The lowest BCUT2D eigenvalue weighted by atomic mass is 9.89. The maximum atomic E-state index is 15.1. The zero-order valence-electron chi connectivity index (χ0n) is 22.0. The molecule has 0 spiro atoms. The van der Waals surface area contributed by atoms with E-state index in [1.165, 1.54) is 21.9 Å². The number of hydrogen-bond acceptors (Lipinski definition) is 2. The van der Waals surface area contributed by atoms with Gasteiger partial charge in [0.05, 0.1) is 5.69 Å². The highest BCUT2D eigenvalue weighted by atomic mass is 19.1. The van der Waals surface area contributed by atoms with E-state index in [2.05, 4.69) is 48.5 Å². The molecule has 0 unspecified atom stereocenters. The van der Waals surface area contributed by atoms with Crippen molar-refractivity contribution in [1.29, 1.82) is 0 Å². The number of carbonyl (C=O) groups excluding carboxylic acids is 1. The van der Waals surface area contributed by atoms with Crippen LogP contribution >= 0.6 is 0 Å². The topological polar surface area (TPSA) is 46.9 Å². The minimum absolute atomic E-state index is 0.242. The molecule has 4 aromatic carbocycles. The smallest absolute Gasteiger partial charge is 0.274 e. The number of nitrogens with one attached hydrogen (secondary N) is 1. The minimum atomic E-state index is -0.433. The maximum absolute atomic E-state index is 15.1. The van der Waals surface area contributed by atoms with Crippen molar-refractivity contribution in [3.63, 3.8) is 0 Å². The maximum Gasteiger partial charge on any atom is 0.274 e. The first-order chi connectivity index (χ1) is 18.5. The molecule has 0 aliphatic carbocycles. The van der Waals surface area contributed by atoms with Crippen molar-refractivity contribution in [3.8, 4) is 16.8 Å². The van der Waals surface area contributed by atoms with Crippen LogP contribution in [0.15, 0.2) is 91.0 Å². The monoisotopic (exact) mass is 505 g/mol. The second-order valence-electron chi connectivity index (χ2n) is 9.81. The first-order valence-electron chi connectivity index (χ1n) is 13.2. The van der Waals surface area contributed by atoms with E-state index < -0.39 is 5.82 Å². The lowest BCUT2D eigenvalue weighted by molar-refractivity contribution is 0.101. The third-order valence-corrected chi connectivity index (χ3v) is 7.24. The number of halogens is 1. The standard InChI is InChI=1S/C33H32FN3O/c1-4-23(5-2)19-27-12-8-9-13-29(27)24-14-16-28(17-15-24)35-33(38)32-18-22(3)36-37(32)31-21-26-11-7-6-10-25(26)20-30(31)34/h6-18,20-21,23H,4-5,19H2,1-3H3,(H,35,38). The molecule has 0 saturated heterocycles. The van der Waals surface area contributed by atoms with Crippen molar-refractivity contribution in [1.82, 2.24) is 9.78 Å². The van der Waals surface area contributed by atoms with Crippen LogP contribution in [0.5, 0.6) is 0 Å². The van der Waals surface area contributed by atoms with Crippen molar-refractivity contribution in [3.05, 3.63) is 114 Å². The van der Waals surface area contributed by atoms with E-state index in [0.29, 0.717) is 17.3 Å². The van der Waals surface area contributed by atoms with Gasteiger partial charge in [-0.2, -0.15) is 5.10 Å². The second-order valence-corrected chi connectivity index (χ2v) is 9.81. The second kappa shape index (κ2) is 11.0. The normalized spacial score (nSPS) is 11.3. The Labute approximate surface area is 223 Å². The molecule has 0 aliphatic heterocycles. The fraction of sp³-hybridized carbons (Fsp3) is 0.212. The summed E-state index contributed by atoms with van der Waals surface area (Å²) in [5, 5.41) is 9.06. The zero-order chi connectivity index (χ0) is 26.6. The fourth-order valence-corrected chi connectivity index (χ4v) is 5.00. The lowest BCUT2D eigenvalue weighted by Gasteiger charge is -2.16. The van der Waals surface area contributed by atoms with Crippen LogP contribution in [0.3, 0.4) is 0 Å². The highest BCUT2D eigenvalue weighted by molar-refractivity contribution is 6.03. The predicted molar refractivity (Wildman–Crippen MR) is 153 cm³/mol. The molecule has 1 amide bonds. The van der Waals surface area contributed by atoms with Gasteiger partial charge in [-0.3, -0.25) is 4.79 Å². The average molecular weight is 506 g/mol. The number of amides is 1. The van der Waals surface area contributed by atoms with E-state index in [-0.39, 0.29) is 17.3 Å². The molecular weight excluding hydrogens is 473 g/mol. The Kier molecular flexibility index (Phi) is 7.36. The zero-order valence-corrected chi connectivity index (χ0v) is 22.0. The number of fused-ring (bicyclic) bond motifs is 1. The van der Waals surface area contributed by atoms with Gasteiger partial charge in [0.1, 0.15) is 17.2 Å². The number of benzene rings is 4. The van der Waals surface area contributed by atoms with Crippen LogP contribution < -0.4 is 5.32 Å². The summed E-state index contributed by atoms with van der Waals surface area (Å²) >= 11 is 0. The van der Waals surface area contributed by atoms with Crippen LogP contribution in [0.2, 0.25) is 0 Å². The summed E-state index contributed by atoms with van der Waals surface area (Å²) in [6.07, 6.45) is 3.38. The van der Waals surface area contributed by atoms with E-state index in [1.807, 2.05) is 48.5 Å². The number of rotatable bonds is 8. The third-order valence-electron chi connectivity index (χ3n) is 7.24. The van der Waals surface area contributed by atoms with E-state index in [9.17, 15) is 4.79 Å². The summed E-state index contributed by atoms with van der Waals surface area (Å²) in [5.74, 6) is -0.118. The molecular formula is C33H32FN3O. The van der Waals surface area contributed by atoms with Crippen LogP contribution in [0.1, 0.15) is 48.4 Å². The number of aromatic nitrogens is 2. The number of hydrogen-bond donors (Lipinski definition) is 1. The van der Waals surface area contributed by atoms with Crippen molar-refractivity contribution in [2.45, 2.75) is 40.0 Å². The summed E-state index contributed by atoms with van der Waals surface area (Å²) < 4.78 is 16.4. The van der Waals surface area contributed by atoms with Crippen LogP contribution in [0.4, 0.5) is 10.1 Å². The number of aryl methyl sites for hydroxylation is 1. The Bertz CT molecular complexity index is 1580. The molecule has 1 aromatic heterocycles. The summed E-state index contributed by atoms with van der Waals surface area (Å²) in [6.45, 7) is 6.28. The molecule has 1 heterocycles. The molecule has 38 heavy (non-hydrogen) atoms. The van der Waals surface area contributed by atoms with Crippen LogP contribution in [0, 0.1) is 18.7 Å². The van der Waals surface area contributed by atoms with E-state index >= 15 is 4.39 Å². The molecule has 1 N–H and O–H groups in total. The highest BCUT2D eigenvalue weighted by Gasteiger charge is 2.19. The van der Waals surface area contributed by atoms with Crippen molar-refractivity contribution in [2.24, 2.45) is 5.92 Å². The van der Waals surface area contributed by atoms with Gasteiger partial charge in [0.25, 0.3) is 5.91 Å². The molecule has 4 nitrogen and oxygen atoms in total. The molecule has 0 radical (unpaired) electrons. The molecule has 5 rings (SSSR count). The number of carbonyl (C=O) groups is 1. The van der Waals surface area contributed by atoms with E-state index in [1.54, 1.807) is 19.1 Å². The third kappa shape index (κ3) is 5.23. The van der Waals surface area contributed by atoms with Gasteiger partial charge in [0.2, 0.25) is 0 Å². The molecule has 0 atom stereocenters.